The summed E-state index contributed by atoms with van der Waals surface area (Å²) in [6.07, 6.45) is -4.67. The molecule has 1 aromatic rings. The molecule has 0 saturated carbocycles. The average Bonchev–Trinajstić information content (AvgIpc) is 3.08. The highest BCUT2D eigenvalue weighted by atomic mass is 19.4. The van der Waals surface area contributed by atoms with Gasteiger partial charge in [-0.3, -0.25) is 4.79 Å². The number of nitrogens with zero attached hydrogens (tertiary/aromatic N) is 1. The van der Waals surface area contributed by atoms with Gasteiger partial charge < -0.3 is 24.8 Å². The van der Waals surface area contributed by atoms with Crippen LogP contribution in [-0.2, 0) is 16.1 Å². The Hall–Kier alpha value is -2.49. The lowest BCUT2D eigenvalue weighted by Gasteiger charge is -2.18. The number of ether oxygens (including phenoxy) is 2. The van der Waals surface area contributed by atoms with Gasteiger partial charge in [-0.05, 0) is 17.7 Å². The fourth-order valence-corrected chi connectivity index (χ4v) is 2.81. The summed E-state index contributed by atoms with van der Waals surface area (Å²) in [4.78, 5) is 23.9. The number of carbonyl (C=O) groups excluding carboxylic acids is 1. The molecule has 2 N–H and O–H groups in total. The van der Waals surface area contributed by atoms with Gasteiger partial charge in [-0.2, -0.15) is 13.2 Å². The van der Waals surface area contributed by atoms with E-state index in [0.29, 0.717) is 12.4 Å². The van der Waals surface area contributed by atoms with Crippen molar-refractivity contribution in [1.82, 2.24) is 10.2 Å². The molecule has 0 aliphatic carbocycles. The van der Waals surface area contributed by atoms with Crippen molar-refractivity contribution in [2.75, 3.05) is 33.4 Å². The third kappa shape index (κ3) is 5.75. The number of benzene rings is 1. The van der Waals surface area contributed by atoms with Crippen LogP contribution in [-0.4, -0.2) is 61.5 Å². The number of alkyl halides is 3. The Bertz CT molecular complexity index is 651. The van der Waals surface area contributed by atoms with Gasteiger partial charge in [-0.1, -0.05) is 12.1 Å². The molecule has 1 saturated heterocycles. The minimum absolute atomic E-state index is 0.0971. The highest BCUT2D eigenvalue weighted by Gasteiger charge is 2.53. The normalized spacial score (nSPS) is 19.8. The second kappa shape index (κ2) is 8.94. The maximum absolute atomic E-state index is 12.9. The minimum atomic E-state index is -4.67. The second-order valence-corrected chi connectivity index (χ2v) is 6.13. The van der Waals surface area contributed by atoms with Crippen LogP contribution in [0.3, 0.4) is 0 Å². The van der Waals surface area contributed by atoms with Crippen molar-refractivity contribution < 1.29 is 37.3 Å². The Kier molecular flexibility index (Phi) is 6.89. The lowest BCUT2D eigenvalue weighted by Crippen LogP contribution is -2.40. The van der Waals surface area contributed by atoms with Crippen molar-refractivity contribution in [3.05, 3.63) is 29.8 Å². The second-order valence-electron chi connectivity index (χ2n) is 6.13. The van der Waals surface area contributed by atoms with E-state index in [9.17, 15) is 22.8 Å². The molecule has 1 fully saturated rings. The molecule has 1 heterocycles. The van der Waals surface area contributed by atoms with E-state index >= 15 is 0 Å². The summed E-state index contributed by atoms with van der Waals surface area (Å²) in [6.45, 7) is -0.575. The molecule has 1 aliphatic heterocycles. The Balaban J connectivity index is 1.73. The van der Waals surface area contributed by atoms with Gasteiger partial charge in [-0.15, -0.1) is 0 Å². The topological polar surface area (TPSA) is 88.1 Å². The van der Waals surface area contributed by atoms with Crippen LogP contribution in [0.25, 0.3) is 0 Å². The Morgan fingerprint density at radius 3 is 2.44 bits per heavy atom. The largest absolute Gasteiger partial charge is 0.497 e. The van der Waals surface area contributed by atoms with Crippen LogP contribution >= 0.6 is 0 Å². The summed E-state index contributed by atoms with van der Waals surface area (Å²) in [7, 11) is 1.56. The summed E-state index contributed by atoms with van der Waals surface area (Å²) in [5, 5.41) is 11.4. The maximum Gasteiger partial charge on any atom is 0.394 e. The summed E-state index contributed by atoms with van der Waals surface area (Å²) in [5.41, 5.74) is 0.902. The fraction of sp³-hybridized carbons (Fsp3) is 0.529. The number of likely N-dealkylation sites (tertiary alicyclic amines) is 1. The van der Waals surface area contributed by atoms with E-state index in [0.717, 1.165) is 10.5 Å². The fourth-order valence-electron chi connectivity index (χ4n) is 2.81. The van der Waals surface area contributed by atoms with Crippen LogP contribution in [0.15, 0.2) is 24.3 Å². The first-order chi connectivity index (χ1) is 12.7. The summed E-state index contributed by atoms with van der Waals surface area (Å²) < 4.78 is 49.2. The van der Waals surface area contributed by atoms with E-state index < -0.39 is 43.1 Å². The molecule has 2 rings (SSSR count). The van der Waals surface area contributed by atoms with E-state index in [2.05, 4.69) is 5.32 Å². The van der Waals surface area contributed by atoms with Gasteiger partial charge in [-0.25, -0.2) is 4.79 Å². The van der Waals surface area contributed by atoms with Gasteiger partial charge >= 0.3 is 18.2 Å². The first kappa shape index (κ1) is 20.8. The number of rotatable bonds is 7. The Morgan fingerprint density at radius 2 is 1.93 bits per heavy atom. The number of carbonyl (C=O) groups is 2. The number of nitrogens with one attached hydrogen (secondary N) is 1. The van der Waals surface area contributed by atoms with Gasteiger partial charge in [0.2, 0.25) is 0 Å². The standard InChI is InChI=1S/C17H21F3N2O5/c1-26-12-4-2-11(3-5-12)10-27-7-6-21-16(25)22-8-13(15(23)24)14(9-22)17(18,19)20/h2-5,13-14H,6-10H2,1H3,(H,21,25)(H,23,24)/t13-,14-/m1/s1. The highest BCUT2D eigenvalue weighted by Crippen LogP contribution is 2.37. The minimum Gasteiger partial charge on any atom is -0.497 e. The summed E-state index contributed by atoms with van der Waals surface area (Å²) in [6, 6.07) is 6.48. The number of hydrogen-bond donors (Lipinski definition) is 2. The summed E-state index contributed by atoms with van der Waals surface area (Å²) in [5.74, 6) is -4.56. The zero-order valence-corrected chi connectivity index (χ0v) is 14.7. The van der Waals surface area contributed by atoms with Crippen molar-refractivity contribution in [1.29, 1.82) is 0 Å². The number of hydrogen-bond acceptors (Lipinski definition) is 4. The Morgan fingerprint density at radius 1 is 1.26 bits per heavy atom. The quantitative estimate of drug-likeness (QED) is 0.697. The SMILES string of the molecule is COc1ccc(COCCNC(=O)N2C[C@@H](C(F)(F)F)[C@H](C(=O)O)C2)cc1. The molecule has 0 bridgehead atoms. The van der Waals surface area contributed by atoms with E-state index in [1.165, 1.54) is 0 Å². The lowest BCUT2D eigenvalue weighted by molar-refractivity contribution is -0.187. The molecule has 10 heteroatoms. The first-order valence-corrected chi connectivity index (χ1v) is 8.25. The molecule has 1 aromatic carbocycles. The highest BCUT2D eigenvalue weighted by molar-refractivity contribution is 5.77. The Labute approximate surface area is 154 Å². The van der Waals surface area contributed by atoms with Gasteiger partial charge in [0.05, 0.1) is 32.2 Å². The molecule has 0 spiro atoms. The molecule has 7 nitrogen and oxygen atoms in total. The van der Waals surface area contributed by atoms with Gasteiger partial charge in [0.15, 0.2) is 0 Å². The number of urea groups is 1. The van der Waals surface area contributed by atoms with Crippen molar-refractivity contribution >= 4 is 12.0 Å². The van der Waals surface area contributed by atoms with E-state index in [1.807, 2.05) is 12.1 Å². The molecular weight excluding hydrogens is 369 g/mol. The number of carboxylic acids is 1. The number of carboxylic acid groups (broad SMARTS) is 1. The maximum atomic E-state index is 12.9. The van der Waals surface area contributed by atoms with Crippen LogP contribution in [0, 0.1) is 11.8 Å². The number of aliphatic carboxylic acids is 1. The van der Waals surface area contributed by atoms with E-state index in [4.69, 9.17) is 14.6 Å². The average molecular weight is 390 g/mol. The van der Waals surface area contributed by atoms with Crippen molar-refractivity contribution in [2.24, 2.45) is 11.8 Å². The molecule has 1 aliphatic rings. The van der Waals surface area contributed by atoms with Crippen LogP contribution in [0.2, 0.25) is 0 Å². The molecule has 150 valence electrons. The zero-order chi connectivity index (χ0) is 20.0. The van der Waals surface area contributed by atoms with Crippen molar-refractivity contribution in [2.45, 2.75) is 12.8 Å². The molecule has 27 heavy (non-hydrogen) atoms. The van der Waals surface area contributed by atoms with Crippen molar-refractivity contribution in [3.8, 4) is 5.75 Å². The number of halogens is 3. The smallest absolute Gasteiger partial charge is 0.394 e. The predicted molar refractivity (Wildman–Crippen MR) is 88.3 cm³/mol. The third-order valence-corrected chi connectivity index (χ3v) is 4.30. The van der Waals surface area contributed by atoms with Gasteiger partial charge in [0.25, 0.3) is 0 Å². The zero-order valence-electron chi connectivity index (χ0n) is 14.7. The molecule has 0 radical (unpaired) electrons. The number of amides is 2. The van der Waals surface area contributed by atoms with Crippen LogP contribution in [0.1, 0.15) is 5.56 Å². The van der Waals surface area contributed by atoms with Crippen LogP contribution in [0.5, 0.6) is 5.75 Å². The lowest BCUT2D eigenvalue weighted by atomic mass is 9.96. The third-order valence-electron chi connectivity index (χ3n) is 4.30. The van der Waals surface area contributed by atoms with Crippen LogP contribution in [0.4, 0.5) is 18.0 Å². The van der Waals surface area contributed by atoms with Crippen LogP contribution < -0.4 is 10.1 Å². The molecular formula is C17H21F3N2O5. The molecule has 2 atom stereocenters. The molecule has 0 unspecified atom stereocenters. The molecule has 0 aromatic heterocycles. The monoisotopic (exact) mass is 390 g/mol. The number of methoxy groups -OCH3 is 1. The molecule has 2 amide bonds. The van der Waals surface area contributed by atoms with E-state index in [-0.39, 0.29) is 13.2 Å². The van der Waals surface area contributed by atoms with Gasteiger partial charge in [0, 0.05) is 19.6 Å². The summed E-state index contributed by atoms with van der Waals surface area (Å²) >= 11 is 0. The van der Waals surface area contributed by atoms with Crippen molar-refractivity contribution in [3.63, 3.8) is 0 Å². The predicted octanol–water partition coefficient (Wildman–Crippen LogP) is 2.12. The first-order valence-electron chi connectivity index (χ1n) is 8.25. The van der Waals surface area contributed by atoms with Gasteiger partial charge in [0.1, 0.15) is 5.75 Å². The van der Waals surface area contributed by atoms with E-state index in [1.54, 1.807) is 19.2 Å².